The lowest BCUT2D eigenvalue weighted by Crippen LogP contribution is -2.16. The molecule has 1 N–H and O–H groups in total. The second kappa shape index (κ2) is 7.44. The zero-order valence-electron chi connectivity index (χ0n) is 16.8. The summed E-state index contributed by atoms with van der Waals surface area (Å²) >= 11 is 0. The molecule has 0 aliphatic carbocycles. The van der Waals surface area contributed by atoms with Crippen molar-refractivity contribution >= 4 is 22.9 Å². The van der Waals surface area contributed by atoms with Crippen LogP contribution < -0.4 is 5.32 Å². The maximum Gasteiger partial charge on any atom is 0.293 e. The predicted molar refractivity (Wildman–Crippen MR) is 116 cm³/mol. The molecule has 0 radical (unpaired) electrons. The third kappa shape index (κ3) is 3.53. The number of nitro groups is 1. The van der Waals surface area contributed by atoms with Crippen LogP contribution >= 0.6 is 0 Å². The molecule has 4 rings (SSSR count). The van der Waals surface area contributed by atoms with Crippen LogP contribution in [0.15, 0.2) is 60.8 Å². The molecule has 2 heterocycles. The van der Waals surface area contributed by atoms with E-state index in [9.17, 15) is 14.9 Å². The van der Waals surface area contributed by atoms with Crippen molar-refractivity contribution in [3.63, 3.8) is 0 Å². The number of anilines is 1. The van der Waals surface area contributed by atoms with Gasteiger partial charge in [-0.2, -0.15) is 0 Å². The third-order valence-electron chi connectivity index (χ3n) is 4.90. The highest BCUT2D eigenvalue weighted by Gasteiger charge is 2.23. The van der Waals surface area contributed by atoms with Crippen LogP contribution in [0.4, 0.5) is 11.4 Å². The van der Waals surface area contributed by atoms with Gasteiger partial charge >= 0.3 is 0 Å². The molecule has 2 aromatic heterocycles. The van der Waals surface area contributed by atoms with Gasteiger partial charge < -0.3 is 5.32 Å². The second-order valence-electron chi connectivity index (χ2n) is 7.34. The summed E-state index contributed by atoms with van der Waals surface area (Å²) in [5.74, 6) is -0.462. The van der Waals surface area contributed by atoms with Gasteiger partial charge in [0.25, 0.3) is 11.6 Å². The normalized spacial score (nSPS) is 10.9. The van der Waals surface area contributed by atoms with Crippen LogP contribution in [0, 0.1) is 30.9 Å². The fourth-order valence-electron chi connectivity index (χ4n) is 3.36. The Morgan fingerprint density at radius 1 is 0.967 bits per heavy atom. The molecule has 0 saturated heterocycles. The number of aryl methyl sites for hydroxylation is 3. The number of pyridine rings is 1. The third-order valence-corrected chi connectivity index (χ3v) is 4.90. The molecule has 4 aromatic rings. The Bertz CT molecular complexity index is 1290. The number of hydrogen-bond donors (Lipinski definition) is 1. The van der Waals surface area contributed by atoms with Gasteiger partial charge in [0.1, 0.15) is 22.7 Å². The van der Waals surface area contributed by atoms with E-state index in [1.165, 1.54) is 6.07 Å². The summed E-state index contributed by atoms with van der Waals surface area (Å²) in [7, 11) is 0. The fourth-order valence-corrected chi connectivity index (χ4v) is 3.36. The minimum absolute atomic E-state index is 0.146. The fraction of sp³-hybridized carbons (Fsp3) is 0.130. The number of nitrogens with one attached hydrogen (secondary N) is 1. The van der Waals surface area contributed by atoms with Crippen LogP contribution in [0.2, 0.25) is 0 Å². The van der Waals surface area contributed by atoms with Gasteiger partial charge in [-0.05, 0) is 44.0 Å². The Morgan fingerprint density at radius 3 is 2.33 bits per heavy atom. The number of hydrogen-bond acceptors (Lipinski definition) is 4. The van der Waals surface area contributed by atoms with E-state index in [1.54, 1.807) is 23.5 Å². The summed E-state index contributed by atoms with van der Waals surface area (Å²) in [5, 5.41) is 14.2. The number of carbonyl (C=O) groups is 1. The summed E-state index contributed by atoms with van der Waals surface area (Å²) in [6.45, 7) is 5.68. The van der Waals surface area contributed by atoms with Gasteiger partial charge in [-0.3, -0.25) is 19.3 Å². The van der Waals surface area contributed by atoms with Crippen LogP contribution in [-0.4, -0.2) is 20.2 Å². The maximum absolute atomic E-state index is 13.3. The largest absolute Gasteiger partial charge is 0.315 e. The van der Waals surface area contributed by atoms with Gasteiger partial charge in [0.15, 0.2) is 0 Å². The van der Waals surface area contributed by atoms with Crippen molar-refractivity contribution in [2.24, 2.45) is 0 Å². The van der Waals surface area contributed by atoms with Gasteiger partial charge in [-0.15, -0.1) is 0 Å². The zero-order chi connectivity index (χ0) is 21.4. The number of fused-ring (bicyclic) bond motifs is 1. The van der Waals surface area contributed by atoms with Crippen molar-refractivity contribution in [1.29, 1.82) is 0 Å². The summed E-state index contributed by atoms with van der Waals surface area (Å²) in [6, 6.07) is 16.2. The number of aromatic nitrogens is 2. The predicted octanol–water partition coefficient (Wildman–Crippen LogP) is 5.09. The second-order valence-corrected chi connectivity index (χ2v) is 7.34. The summed E-state index contributed by atoms with van der Waals surface area (Å²) < 4.78 is 1.72. The number of imidazole rings is 1. The minimum atomic E-state index is -0.498. The first-order chi connectivity index (χ1) is 14.3. The van der Waals surface area contributed by atoms with Crippen molar-refractivity contribution in [2.45, 2.75) is 20.8 Å². The quantitative estimate of drug-likeness (QED) is 0.382. The zero-order valence-corrected chi connectivity index (χ0v) is 16.8. The Hall–Kier alpha value is -4.00. The molecule has 2 aromatic carbocycles. The lowest BCUT2D eigenvalue weighted by molar-refractivity contribution is -0.384. The molecule has 0 saturated carbocycles. The van der Waals surface area contributed by atoms with E-state index in [0.717, 1.165) is 22.3 Å². The minimum Gasteiger partial charge on any atom is -0.315 e. The van der Waals surface area contributed by atoms with Crippen LogP contribution in [-0.2, 0) is 0 Å². The number of carbonyl (C=O) groups excluding carboxylic acids is 1. The van der Waals surface area contributed by atoms with Gasteiger partial charge in [0, 0.05) is 17.8 Å². The summed E-state index contributed by atoms with van der Waals surface area (Å²) in [4.78, 5) is 28.9. The van der Waals surface area contributed by atoms with E-state index < -0.39 is 10.8 Å². The first-order valence-corrected chi connectivity index (χ1v) is 9.45. The lowest BCUT2D eigenvalue weighted by Gasteiger charge is -2.09. The molecule has 1 amide bonds. The SMILES string of the molecule is Cc1ccc(-c2nc3ccc(C)cn3c2C(=O)Nc2ccc(C)cc2[N+](=O)[O-])cc1. The molecule has 30 heavy (non-hydrogen) atoms. The molecule has 150 valence electrons. The highest BCUT2D eigenvalue weighted by molar-refractivity contribution is 6.08. The topological polar surface area (TPSA) is 89.5 Å². The standard InChI is InChI=1S/C23H20N4O3/c1-14-4-8-17(9-5-14)21-22(26-13-16(3)7-11-20(26)25-21)23(28)24-18-10-6-15(2)12-19(18)27(29)30/h4-13H,1-3H3,(H,24,28). The van der Waals surface area contributed by atoms with E-state index in [-0.39, 0.29) is 11.4 Å². The van der Waals surface area contributed by atoms with Gasteiger partial charge in [0.05, 0.1) is 4.92 Å². The Balaban J connectivity index is 1.86. The van der Waals surface area contributed by atoms with Crippen LogP contribution in [0.3, 0.4) is 0 Å². The number of nitrogens with zero attached hydrogens (tertiary/aromatic N) is 3. The smallest absolute Gasteiger partial charge is 0.293 e. The van der Waals surface area contributed by atoms with Gasteiger partial charge in [-0.25, -0.2) is 4.98 Å². The molecule has 7 heteroatoms. The summed E-state index contributed by atoms with van der Waals surface area (Å²) in [5.41, 5.74) is 5.07. The van der Waals surface area contributed by atoms with Crippen LogP contribution in [0.5, 0.6) is 0 Å². The monoisotopic (exact) mass is 400 g/mol. The van der Waals surface area contributed by atoms with E-state index in [0.29, 0.717) is 17.0 Å². The molecule has 0 aliphatic heterocycles. The van der Waals surface area contributed by atoms with Crippen LogP contribution in [0.25, 0.3) is 16.9 Å². The van der Waals surface area contributed by atoms with Crippen molar-refractivity contribution in [3.8, 4) is 11.3 Å². The Kier molecular flexibility index (Phi) is 4.79. The van der Waals surface area contributed by atoms with Crippen molar-refractivity contribution in [2.75, 3.05) is 5.32 Å². The Labute approximate surface area is 173 Å². The molecule has 0 fully saturated rings. The molecule has 0 atom stereocenters. The molecule has 0 unspecified atom stereocenters. The molecular weight excluding hydrogens is 380 g/mol. The van der Waals surface area contributed by atoms with Crippen molar-refractivity contribution < 1.29 is 9.72 Å². The van der Waals surface area contributed by atoms with E-state index in [1.807, 2.05) is 56.4 Å². The first kappa shape index (κ1) is 19.3. The van der Waals surface area contributed by atoms with E-state index in [2.05, 4.69) is 10.3 Å². The van der Waals surface area contributed by atoms with E-state index in [4.69, 9.17) is 0 Å². The Morgan fingerprint density at radius 2 is 1.63 bits per heavy atom. The van der Waals surface area contributed by atoms with Crippen molar-refractivity contribution in [1.82, 2.24) is 9.38 Å². The molecule has 7 nitrogen and oxygen atoms in total. The molecule has 0 bridgehead atoms. The number of amides is 1. The molecule has 0 spiro atoms. The highest BCUT2D eigenvalue weighted by Crippen LogP contribution is 2.29. The van der Waals surface area contributed by atoms with Crippen LogP contribution in [0.1, 0.15) is 27.2 Å². The van der Waals surface area contributed by atoms with Gasteiger partial charge in [-0.1, -0.05) is 42.0 Å². The number of nitro benzene ring substituents is 1. The number of benzene rings is 2. The molecular formula is C23H20N4O3. The van der Waals surface area contributed by atoms with E-state index >= 15 is 0 Å². The number of rotatable bonds is 4. The average Bonchev–Trinajstić information content (AvgIpc) is 3.08. The average molecular weight is 400 g/mol. The van der Waals surface area contributed by atoms with Crippen molar-refractivity contribution in [3.05, 3.63) is 93.3 Å². The highest BCUT2D eigenvalue weighted by atomic mass is 16.6. The van der Waals surface area contributed by atoms with Gasteiger partial charge in [0.2, 0.25) is 0 Å². The summed E-state index contributed by atoms with van der Waals surface area (Å²) in [6.07, 6.45) is 1.83. The first-order valence-electron chi connectivity index (χ1n) is 9.45. The maximum atomic E-state index is 13.3. The molecule has 0 aliphatic rings. The lowest BCUT2D eigenvalue weighted by atomic mass is 10.1.